The van der Waals surface area contributed by atoms with Crippen molar-refractivity contribution in [3.63, 3.8) is 0 Å². The Kier molecular flexibility index (Phi) is 7.38. The van der Waals surface area contributed by atoms with E-state index in [1.165, 1.54) is 33.0 Å². The fourth-order valence-electron chi connectivity index (χ4n) is 5.85. The number of H-pyrrole nitrogens is 2. The predicted octanol–water partition coefficient (Wildman–Crippen LogP) is 7.77. The molecular formula is C34H40N2O4. The smallest absolute Gasteiger partial charge is 0.331 e. The molecule has 4 aromatic rings. The maximum absolute atomic E-state index is 12.1. The minimum Gasteiger partial charge on any atom is -0.460 e. The number of hydrogen-bond acceptors (Lipinski definition) is 4. The van der Waals surface area contributed by atoms with E-state index in [4.69, 9.17) is 9.47 Å². The maximum Gasteiger partial charge on any atom is 0.331 e. The molecule has 0 bridgehead atoms. The molecule has 40 heavy (non-hydrogen) atoms. The fourth-order valence-corrected chi connectivity index (χ4v) is 5.85. The maximum atomic E-state index is 12.1. The highest BCUT2D eigenvalue weighted by molar-refractivity contribution is 6.01. The van der Waals surface area contributed by atoms with Gasteiger partial charge in [-0.15, -0.1) is 0 Å². The summed E-state index contributed by atoms with van der Waals surface area (Å²) in [6.07, 6.45) is 10.2. The highest BCUT2D eigenvalue weighted by Gasteiger charge is 2.27. The first kappa shape index (κ1) is 27.8. The number of benzene rings is 2. The van der Waals surface area contributed by atoms with E-state index in [-0.39, 0.29) is 17.9 Å². The fraction of sp³-hybridized carbons (Fsp3) is 0.412. The van der Waals surface area contributed by atoms with Gasteiger partial charge in [0.25, 0.3) is 0 Å². The van der Waals surface area contributed by atoms with Crippen LogP contribution in [0.25, 0.3) is 27.4 Å². The standard InChI is InChI=1S/C17H21NO2.C17H19NO2/c2*1-17(2,3)20-15(19)9-11-7-8-12-10-18-14-6-4-5-13(11)16(12)14/h4-6,10-11,18H,7-9H2,1-3H3;4-6,9-10,18H,7-8H2,1-3H3/b;11-9+. The third kappa shape index (κ3) is 6.16. The Balaban J connectivity index is 0.000000161. The highest BCUT2D eigenvalue weighted by Crippen LogP contribution is 2.39. The second kappa shape index (κ2) is 10.6. The Bertz CT molecular complexity index is 1590. The molecule has 0 spiro atoms. The summed E-state index contributed by atoms with van der Waals surface area (Å²) >= 11 is 0. The first-order chi connectivity index (χ1) is 18.9. The van der Waals surface area contributed by atoms with Gasteiger partial charge in [0.2, 0.25) is 0 Å². The number of hydrogen-bond donors (Lipinski definition) is 2. The lowest BCUT2D eigenvalue weighted by Gasteiger charge is -2.25. The van der Waals surface area contributed by atoms with Crippen LogP contribution in [0.4, 0.5) is 0 Å². The lowest BCUT2D eigenvalue weighted by Crippen LogP contribution is -2.25. The first-order valence-electron chi connectivity index (χ1n) is 14.2. The van der Waals surface area contributed by atoms with Crippen molar-refractivity contribution in [2.24, 2.45) is 0 Å². The molecule has 2 aromatic carbocycles. The number of aryl methyl sites for hydroxylation is 2. The molecule has 6 nitrogen and oxygen atoms in total. The van der Waals surface area contributed by atoms with Gasteiger partial charge < -0.3 is 19.4 Å². The minimum atomic E-state index is -0.450. The molecular weight excluding hydrogens is 500 g/mol. The molecule has 0 saturated heterocycles. The summed E-state index contributed by atoms with van der Waals surface area (Å²) in [4.78, 5) is 30.7. The molecule has 6 heteroatoms. The van der Waals surface area contributed by atoms with Crippen LogP contribution in [-0.4, -0.2) is 33.1 Å². The Morgan fingerprint density at radius 3 is 2.12 bits per heavy atom. The van der Waals surface area contributed by atoms with Crippen LogP contribution >= 0.6 is 0 Å². The van der Waals surface area contributed by atoms with Crippen molar-refractivity contribution in [3.05, 3.63) is 77.1 Å². The average molecular weight is 541 g/mol. The van der Waals surface area contributed by atoms with Gasteiger partial charge in [-0.3, -0.25) is 4.79 Å². The number of aromatic nitrogens is 2. The van der Waals surface area contributed by atoms with Gasteiger partial charge in [-0.2, -0.15) is 0 Å². The van der Waals surface area contributed by atoms with Gasteiger partial charge >= 0.3 is 11.9 Å². The molecule has 210 valence electrons. The zero-order valence-electron chi connectivity index (χ0n) is 24.4. The van der Waals surface area contributed by atoms with Gasteiger partial charge in [-0.25, -0.2) is 4.79 Å². The number of esters is 2. The van der Waals surface area contributed by atoms with Crippen LogP contribution in [0, 0.1) is 0 Å². The number of rotatable bonds is 3. The third-order valence-electron chi connectivity index (χ3n) is 7.35. The Morgan fingerprint density at radius 1 is 0.825 bits per heavy atom. The Morgan fingerprint density at radius 2 is 1.45 bits per heavy atom. The predicted molar refractivity (Wildman–Crippen MR) is 160 cm³/mol. The molecule has 1 atom stereocenters. The number of carbonyl (C=O) groups excluding carboxylic acids is 2. The zero-order chi connectivity index (χ0) is 28.7. The van der Waals surface area contributed by atoms with Crippen molar-refractivity contribution >= 4 is 39.3 Å². The molecule has 2 N–H and O–H groups in total. The van der Waals surface area contributed by atoms with E-state index in [2.05, 4.69) is 52.7 Å². The summed E-state index contributed by atoms with van der Waals surface area (Å²) in [5, 5.41) is 2.56. The van der Waals surface area contributed by atoms with Crippen LogP contribution in [0.2, 0.25) is 0 Å². The monoisotopic (exact) mass is 540 g/mol. The van der Waals surface area contributed by atoms with Crippen LogP contribution in [0.5, 0.6) is 0 Å². The molecule has 2 aliphatic rings. The molecule has 0 radical (unpaired) electrons. The lowest BCUT2D eigenvalue weighted by molar-refractivity contribution is -0.155. The van der Waals surface area contributed by atoms with E-state index in [0.717, 1.165) is 42.3 Å². The SMILES string of the molecule is CC(C)(C)OC(=O)/C=C1\CCc2c[nH]c3cccc1c23.CC(C)(C)OC(=O)CC1CCc2c[nH]c3cccc1c23. The van der Waals surface area contributed by atoms with E-state index < -0.39 is 11.2 Å². The number of nitrogens with one attached hydrogen (secondary N) is 2. The van der Waals surface area contributed by atoms with Crippen molar-refractivity contribution < 1.29 is 19.1 Å². The lowest BCUT2D eigenvalue weighted by atomic mass is 9.82. The van der Waals surface area contributed by atoms with Crippen molar-refractivity contribution in [3.8, 4) is 0 Å². The van der Waals surface area contributed by atoms with E-state index in [1.54, 1.807) is 6.08 Å². The molecule has 0 aliphatic heterocycles. The van der Waals surface area contributed by atoms with Gasteiger partial charge in [0.15, 0.2) is 0 Å². The molecule has 0 amide bonds. The Hall–Kier alpha value is -3.80. The normalized spacial score (nSPS) is 17.4. The number of aromatic amines is 2. The van der Waals surface area contributed by atoms with Gasteiger partial charge in [0.1, 0.15) is 11.2 Å². The van der Waals surface area contributed by atoms with Gasteiger partial charge in [0.05, 0.1) is 6.42 Å². The molecule has 2 aliphatic carbocycles. The second-order valence-corrected chi connectivity index (χ2v) is 12.9. The molecule has 0 fully saturated rings. The van der Waals surface area contributed by atoms with E-state index in [0.29, 0.717) is 6.42 Å². The van der Waals surface area contributed by atoms with Crippen molar-refractivity contribution in [2.75, 3.05) is 0 Å². The molecule has 2 aromatic heterocycles. The molecule has 0 saturated carbocycles. The first-order valence-corrected chi connectivity index (χ1v) is 14.2. The summed E-state index contributed by atoms with van der Waals surface area (Å²) in [7, 11) is 0. The van der Waals surface area contributed by atoms with Crippen molar-refractivity contribution in [1.29, 1.82) is 0 Å². The molecule has 2 heterocycles. The summed E-state index contributed by atoms with van der Waals surface area (Å²) in [5.74, 6) is -0.0844. The van der Waals surface area contributed by atoms with E-state index >= 15 is 0 Å². The van der Waals surface area contributed by atoms with Crippen LogP contribution in [-0.2, 0) is 31.9 Å². The number of allylic oxidation sites excluding steroid dienone is 1. The third-order valence-corrected chi connectivity index (χ3v) is 7.35. The summed E-state index contributed by atoms with van der Waals surface area (Å²) in [6, 6.07) is 12.5. The minimum absolute atomic E-state index is 0.0986. The number of ether oxygens (including phenoxy) is 2. The second-order valence-electron chi connectivity index (χ2n) is 12.9. The van der Waals surface area contributed by atoms with Gasteiger partial charge in [-0.05, 0) is 113 Å². The quantitative estimate of drug-likeness (QED) is 0.205. The largest absolute Gasteiger partial charge is 0.460 e. The highest BCUT2D eigenvalue weighted by atomic mass is 16.6. The molecule has 1 unspecified atom stereocenters. The van der Waals surface area contributed by atoms with Crippen molar-refractivity contribution in [2.45, 2.75) is 90.8 Å². The van der Waals surface area contributed by atoms with Crippen molar-refractivity contribution in [1.82, 2.24) is 9.97 Å². The van der Waals surface area contributed by atoms with Crippen LogP contribution in [0.1, 0.15) is 89.0 Å². The van der Waals surface area contributed by atoms with E-state index in [1.807, 2.05) is 47.6 Å². The average Bonchev–Trinajstić information content (AvgIpc) is 3.47. The van der Waals surface area contributed by atoms with Crippen LogP contribution in [0.3, 0.4) is 0 Å². The van der Waals surface area contributed by atoms with Crippen LogP contribution < -0.4 is 0 Å². The summed E-state index contributed by atoms with van der Waals surface area (Å²) < 4.78 is 10.8. The summed E-state index contributed by atoms with van der Waals surface area (Å²) in [6.45, 7) is 11.4. The molecule has 6 rings (SSSR count). The van der Waals surface area contributed by atoms with Gasteiger partial charge in [-0.1, -0.05) is 24.3 Å². The topological polar surface area (TPSA) is 84.2 Å². The number of carbonyl (C=O) groups is 2. The van der Waals surface area contributed by atoms with E-state index in [9.17, 15) is 9.59 Å². The Labute approximate surface area is 236 Å². The zero-order valence-corrected chi connectivity index (χ0v) is 24.4. The summed E-state index contributed by atoms with van der Waals surface area (Å²) in [5.41, 5.74) is 7.65. The van der Waals surface area contributed by atoms with Gasteiger partial charge in [0, 0.05) is 40.3 Å². The van der Waals surface area contributed by atoms with Crippen LogP contribution in [0.15, 0.2) is 54.9 Å².